The van der Waals surface area contributed by atoms with Gasteiger partial charge in [-0.2, -0.15) is 0 Å². The van der Waals surface area contributed by atoms with Crippen LogP contribution in [0.2, 0.25) is 0 Å². The van der Waals surface area contributed by atoms with E-state index in [4.69, 9.17) is 0 Å². The molecule has 1 aromatic carbocycles. The molecule has 2 aromatic rings. The average Bonchev–Trinajstić information content (AvgIpc) is 2.78. The van der Waals surface area contributed by atoms with Crippen LogP contribution in [0.5, 0.6) is 0 Å². The third-order valence-electron chi connectivity index (χ3n) is 4.86. The summed E-state index contributed by atoms with van der Waals surface area (Å²) in [5.41, 5.74) is 2.75. The summed E-state index contributed by atoms with van der Waals surface area (Å²) in [6.07, 6.45) is 7.85. The smallest absolute Gasteiger partial charge is 0.0483 e. The first kappa shape index (κ1) is 13.7. The van der Waals surface area contributed by atoms with Crippen LogP contribution in [0.25, 0.3) is 10.9 Å². The number of aryl methyl sites for hydroxylation is 1. The van der Waals surface area contributed by atoms with E-state index in [1.54, 1.807) is 0 Å². The molecule has 3 rings (SSSR count). The fourth-order valence-corrected chi connectivity index (χ4v) is 3.61. The van der Waals surface area contributed by atoms with Gasteiger partial charge in [0.25, 0.3) is 0 Å². The zero-order chi connectivity index (χ0) is 13.9. The molecule has 20 heavy (non-hydrogen) atoms. The molecule has 1 saturated carbocycles. The van der Waals surface area contributed by atoms with Crippen LogP contribution in [0.3, 0.4) is 0 Å². The van der Waals surface area contributed by atoms with Gasteiger partial charge in [-0.1, -0.05) is 38.0 Å². The van der Waals surface area contributed by atoms with Crippen molar-refractivity contribution >= 4 is 10.9 Å². The van der Waals surface area contributed by atoms with Gasteiger partial charge in [0, 0.05) is 36.2 Å². The van der Waals surface area contributed by atoms with Gasteiger partial charge in [-0.15, -0.1) is 0 Å². The fourth-order valence-electron chi connectivity index (χ4n) is 3.61. The van der Waals surface area contributed by atoms with Crippen LogP contribution in [0.4, 0.5) is 0 Å². The number of para-hydroxylation sites is 1. The van der Waals surface area contributed by atoms with E-state index < -0.39 is 0 Å². The van der Waals surface area contributed by atoms with Crippen LogP contribution in [-0.2, 0) is 6.54 Å². The summed E-state index contributed by atoms with van der Waals surface area (Å²) in [7, 11) is 0. The molecule has 1 aromatic heterocycles. The molecule has 1 fully saturated rings. The molecular weight excluding hydrogens is 244 g/mol. The third kappa shape index (κ3) is 2.76. The largest absolute Gasteiger partial charge is 0.346 e. The second kappa shape index (κ2) is 6.01. The first-order valence-corrected chi connectivity index (χ1v) is 8.03. The maximum absolute atomic E-state index is 3.77. The van der Waals surface area contributed by atoms with Crippen LogP contribution in [0, 0.1) is 12.8 Å². The zero-order valence-corrected chi connectivity index (χ0v) is 12.7. The van der Waals surface area contributed by atoms with Crippen molar-refractivity contribution in [1.29, 1.82) is 0 Å². The topological polar surface area (TPSA) is 17.0 Å². The number of hydrogen-bond acceptors (Lipinski definition) is 1. The SMILES string of the molecule is Cc1cn(CCNC2CCCCC2C)c2ccccc12. The molecule has 1 N–H and O–H groups in total. The number of rotatable bonds is 4. The molecule has 1 aliphatic rings. The van der Waals surface area contributed by atoms with Gasteiger partial charge in [0.2, 0.25) is 0 Å². The molecular formula is C18H26N2. The van der Waals surface area contributed by atoms with Crippen molar-refractivity contribution in [2.45, 2.75) is 52.1 Å². The minimum atomic E-state index is 0.728. The lowest BCUT2D eigenvalue weighted by Crippen LogP contribution is -2.38. The Labute approximate surface area is 122 Å². The normalized spacial score (nSPS) is 23.3. The average molecular weight is 270 g/mol. The molecule has 0 spiro atoms. The van der Waals surface area contributed by atoms with Gasteiger partial charge < -0.3 is 9.88 Å². The van der Waals surface area contributed by atoms with E-state index in [0.717, 1.165) is 25.0 Å². The van der Waals surface area contributed by atoms with Crippen LogP contribution in [0.15, 0.2) is 30.5 Å². The van der Waals surface area contributed by atoms with Gasteiger partial charge in [0.1, 0.15) is 0 Å². The number of nitrogens with zero attached hydrogens (tertiary/aromatic N) is 1. The number of fused-ring (bicyclic) bond motifs is 1. The van der Waals surface area contributed by atoms with Crippen molar-refractivity contribution in [3.8, 4) is 0 Å². The second-order valence-electron chi connectivity index (χ2n) is 6.35. The molecule has 108 valence electrons. The predicted molar refractivity (Wildman–Crippen MR) is 86.1 cm³/mol. The molecule has 2 nitrogen and oxygen atoms in total. The minimum Gasteiger partial charge on any atom is -0.346 e. The quantitative estimate of drug-likeness (QED) is 0.884. The molecule has 1 aliphatic carbocycles. The Kier molecular flexibility index (Phi) is 4.11. The lowest BCUT2D eigenvalue weighted by atomic mass is 9.86. The first-order valence-electron chi connectivity index (χ1n) is 8.03. The Hall–Kier alpha value is -1.28. The van der Waals surface area contributed by atoms with E-state index in [0.29, 0.717) is 0 Å². The molecule has 2 unspecified atom stereocenters. The van der Waals surface area contributed by atoms with Crippen molar-refractivity contribution in [3.63, 3.8) is 0 Å². The Bertz CT molecular complexity index is 570. The molecule has 1 heterocycles. The van der Waals surface area contributed by atoms with Gasteiger partial charge in [-0.25, -0.2) is 0 Å². The molecule has 0 saturated heterocycles. The third-order valence-corrected chi connectivity index (χ3v) is 4.86. The summed E-state index contributed by atoms with van der Waals surface area (Å²) in [5, 5.41) is 5.16. The van der Waals surface area contributed by atoms with Crippen molar-refractivity contribution < 1.29 is 0 Å². The zero-order valence-electron chi connectivity index (χ0n) is 12.7. The number of aromatic nitrogens is 1. The van der Waals surface area contributed by atoms with Crippen LogP contribution in [-0.4, -0.2) is 17.2 Å². The standard InChI is InChI=1S/C18H26N2/c1-14-7-3-5-9-17(14)19-11-12-20-13-15(2)16-8-4-6-10-18(16)20/h4,6,8,10,13-14,17,19H,3,5,7,9,11-12H2,1-2H3. The highest BCUT2D eigenvalue weighted by molar-refractivity contribution is 5.83. The Morgan fingerprint density at radius 3 is 2.85 bits per heavy atom. The molecule has 2 heteroatoms. The highest BCUT2D eigenvalue weighted by Crippen LogP contribution is 2.24. The van der Waals surface area contributed by atoms with Crippen LogP contribution >= 0.6 is 0 Å². The lowest BCUT2D eigenvalue weighted by molar-refractivity contribution is 0.279. The highest BCUT2D eigenvalue weighted by atomic mass is 15.0. The van der Waals surface area contributed by atoms with Gasteiger partial charge in [-0.3, -0.25) is 0 Å². The van der Waals surface area contributed by atoms with Crippen LogP contribution in [0.1, 0.15) is 38.2 Å². The fraction of sp³-hybridized carbons (Fsp3) is 0.556. The Balaban J connectivity index is 1.62. The number of benzene rings is 1. The maximum Gasteiger partial charge on any atom is 0.0483 e. The van der Waals surface area contributed by atoms with E-state index in [1.165, 1.54) is 42.1 Å². The minimum absolute atomic E-state index is 0.728. The molecule has 0 radical (unpaired) electrons. The van der Waals surface area contributed by atoms with Crippen molar-refractivity contribution in [3.05, 3.63) is 36.0 Å². The summed E-state index contributed by atoms with van der Waals surface area (Å²) >= 11 is 0. The number of hydrogen-bond donors (Lipinski definition) is 1. The number of nitrogens with one attached hydrogen (secondary N) is 1. The Morgan fingerprint density at radius 2 is 2.00 bits per heavy atom. The van der Waals surface area contributed by atoms with Gasteiger partial charge in [-0.05, 0) is 37.3 Å². The van der Waals surface area contributed by atoms with Crippen LogP contribution < -0.4 is 5.32 Å². The lowest BCUT2D eigenvalue weighted by Gasteiger charge is -2.29. The highest BCUT2D eigenvalue weighted by Gasteiger charge is 2.20. The van der Waals surface area contributed by atoms with Gasteiger partial charge in [0.15, 0.2) is 0 Å². The summed E-state index contributed by atoms with van der Waals surface area (Å²) in [6, 6.07) is 9.44. The van der Waals surface area contributed by atoms with E-state index in [-0.39, 0.29) is 0 Å². The van der Waals surface area contributed by atoms with Crippen molar-refractivity contribution in [2.75, 3.05) is 6.54 Å². The van der Waals surface area contributed by atoms with Crippen molar-refractivity contribution in [2.24, 2.45) is 5.92 Å². The van der Waals surface area contributed by atoms with E-state index >= 15 is 0 Å². The molecule has 2 atom stereocenters. The van der Waals surface area contributed by atoms with Gasteiger partial charge >= 0.3 is 0 Å². The van der Waals surface area contributed by atoms with E-state index in [2.05, 4.69) is 54.2 Å². The summed E-state index contributed by atoms with van der Waals surface area (Å²) in [5.74, 6) is 0.840. The molecule has 0 bridgehead atoms. The maximum atomic E-state index is 3.77. The van der Waals surface area contributed by atoms with Gasteiger partial charge in [0.05, 0.1) is 0 Å². The monoisotopic (exact) mass is 270 g/mol. The summed E-state index contributed by atoms with van der Waals surface area (Å²) < 4.78 is 2.39. The second-order valence-corrected chi connectivity index (χ2v) is 6.35. The summed E-state index contributed by atoms with van der Waals surface area (Å²) in [4.78, 5) is 0. The van der Waals surface area contributed by atoms with Crippen molar-refractivity contribution in [1.82, 2.24) is 9.88 Å². The summed E-state index contributed by atoms with van der Waals surface area (Å²) in [6.45, 7) is 6.74. The van der Waals surface area contributed by atoms with E-state index in [1.807, 2.05) is 0 Å². The predicted octanol–water partition coefficient (Wildman–Crippen LogP) is 4.12. The van der Waals surface area contributed by atoms with E-state index in [9.17, 15) is 0 Å². The first-order chi connectivity index (χ1) is 9.75. The molecule has 0 aliphatic heterocycles. The molecule has 0 amide bonds. The Morgan fingerprint density at radius 1 is 1.20 bits per heavy atom.